The normalized spacial score (nSPS) is 16.8. The van der Waals surface area contributed by atoms with Crippen molar-refractivity contribution < 1.29 is 19.1 Å². The average Bonchev–Trinajstić information content (AvgIpc) is 4.30. The van der Waals surface area contributed by atoms with Gasteiger partial charge in [-0.15, -0.1) is 0 Å². The molecule has 0 bridgehead atoms. The number of pyridine rings is 2. The molecular weight excluding hydrogens is 809 g/mol. The molecule has 3 N–H and O–H groups in total. The molecule has 0 spiro atoms. The molecule has 0 unspecified atom stereocenters. The lowest BCUT2D eigenvalue weighted by atomic mass is 9.93. The van der Waals surface area contributed by atoms with Crippen LogP contribution in [0, 0.1) is 0 Å². The monoisotopic (exact) mass is 858 g/mol. The summed E-state index contributed by atoms with van der Waals surface area (Å²) in [7, 11) is 0. The zero-order valence-electron chi connectivity index (χ0n) is 35.5. The van der Waals surface area contributed by atoms with Gasteiger partial charge >= 0.3 is 6.09 Å². The molecule has 1 aromatic carbocycles. The number of nitrogens with one attached hydrogen (secondary N) is 3. The predicted molar refractivity (Wildman–Crippen MR) is 239 cm³/mol. The summed E-state index contributed by atoms with van der Waals surface area (Å²) >= 11 is 0. The van der Waals surface area contributed by atoms with Gasteiger partial charge in [0.2, 0.25) is 0 Å². The van der Waals surface area contributed by atoms with Crippen LogP contribution in [0.2, 0.25) is 0 Å². The van der Waals surface area contributed by atoms with Gasteiger partial charge in [0.15, 0.2) is 11.3 Å². The first kappa shape index (κ1) is 41.0. The second-order valence-corrected chi connectivity index (χ2v) is 17.1. The Morgan fingerprint density at radius 3 is 1.61 bits per heavy atom. The Balaban J connectivity index is 0.000000159. The number of benzene rings is 1. The van der Waals surface area contributed by atoms with Crippen molar-refractivity contribution in [1.29, 1.82) is 0 Å². The molecule has 0 radical (unpaired) electrons. The van der Waals surface area contributed by atoms with Crippen molar-refractivity contribution >= 4 is 40.8 Å². The van der Waals surface area contributed by atoms with E-state index in [9.17, 15) is 14.4 Å². The van der Waals surface area contributed by atoms with E-state index >= 15 is 0 Å². The molecule has 2 saturated carbocycles. The number of likely N-dealkylation sites (tertiary alicyclic amines) is 1. The van der Waals surface area contributed by atoms with Crippen molar-refractivity contribution in [2.75, 3.05) is 36.8 Å². The Hall–Kier alpha value is -7.07. The van der Waals surface area contributed by atoms with Crippen molar-refractivity contribution in [3.05, 3.63) is 143 Å². The second-order valence-electron chi connectivity index (χ2n) is 17.1. The van der Waals surface area contributed by atoms with E-state index < -0.39 is 0 Å². The predicted octanol–water partition coefficient (Wildman–Crippen LogP) is 7.49. The largest absolute Gasteiger partial charge is 0.445 e. The van der Waals surface area contributed by atoms with Crippen molar-refractivity contribution in [3.63, 3.8) is 0 Å². The molecule has 6 aromatic heterocycles. The summed E-state index contributed by atoms with van der Waals surface area (Å²) in [6.07, 6.45) is 18.2. The minimum absolute atomic E-state index is 0.166. The van der Waals surface area contributed by atoms with Crippen molar-refractivity contribution in [1.82, 2.24) is 49.4 Å². The fourth-order valence-corrected chi connectivity index (χ4v) is 8.62. The van der Waals surface area contributed by atoms with E-state index in [0.29, 0.717) is 53.6 Å². The highest BCUT2D eigenvalue weighted by atomic mass is 16.6. The summed E-state index contributed by atoms with van der Waals surface area (Å²) in [5, 5.41) is 18.5. The van der Waals surface area contributed by atoms with E-state index in [0.717, 1.165) is 85.4 Å². The SMILES string of the molecule is O=C(Nc1cc(C2CCN(C(=O)OCc3ccccc3)CC2)nc2c(C3CC3)cnn12)c1cccnc1.O=C(Nc1cc(C2CCNCC2)nc2c(C3CC3)cnn12)c1cccnc1. The van der Waals surface area contributed by atoms with Gasteiger partial charge in [0.25, 0.3) is 11.8 Å². The van der Waals surface area contributed by atoms with Crippen LogP contribution in [0.1, 0.15) is 124 Å². The van der Waals surface area contributed by atoms with E-state index in [1.165, 1.54) is 18.4 Å². The smallest absolute Gasteiger partial charge is 0.410 e. The first-order valence-corrected chi connectivity index (χ1v) is 22.3. The number of hydrogen-bond donors (Lipinski definition) is 3. The summed E-state index contributed by atoms with van der Waals surface area (Å²) in [6.45, 7) is 3.46. The molecule has 2 aliphatic carbocycles. The molecule has 11 rings (SSSR count). The van der Waals surface area contributed by atoms with Crippen molar-refractivity contribution in [2.24, 2.45) is 0 Å². The Labute approximate surface area is 369 Å². The molecule has 3 amide bonds. The summed E-state index contributed by atoms with van der Waals surface area (Å²) in [4.78, 5) is 58.0. The van der Waals surface area contributed by atoms with Crippen LogP contribution in [0.25, 0.3) is 11.3 Å². The molecule has 8 heterocycles. The van der Waals surface area contributed by atoms with Crippen LogP contribution in [-0.4, -0.2) is 88.2 Å². The minimum Gasteiger partial charge on any atom is -0.445 e. The Kier molecular flexibility index (Phi) is 11.7. The molecule has 16 nitrogen and oxygen atoms in total. The van der Waals surface area contributed by atoms with E-state index in [1.807, 2.05) is 54.9 Å². The van der Waals surface area contributed by atoms with Crippen LogP contribution in [0.3, 0.4) is 0 Å². The van der Waals surface area contributed by atoms with E-state index in [-0.39, 0.29) is 30.4 Å². The van der Waals surface area contributed by atoms with Crippen molar-refractivity contribution in [3.8, 4) is 0 Å². The quantitative estimate of drug-likeness (QED) is 0.124. The summed E-state index contributed by atoms with van der Waals surface area (Å²) < 4.78 is 9.01. The zero-order chi connectivity index (χ0) is 43.4. The number of carbonyl (C=O) groups excluding carboxylic acids is 3. The van der Waals surface area contributed by atoms with Gasteiger partial charge < -0.3 is 25.6 Å². The number of carbonyl (C=O) groups is 3. The second kappa shape index (κ2) is 18.3. The maximum atomic E-state index is 12.9. The number of amides is 3. The highest BCUT2D eigenvalue weighted by molar-refractivity contribution is 6.04. The summed E-state index contributed by atoms with van der Waals surface area (Å²) in [5.41, 5.74) is 7.94. The molecule has 2 saturated heterocycles. The summed E-state index contributed by atoms with van der Waals surface area (Å²) in [5.74, 6) is 2.44. The number of piperidine rings is 2. The minimum atomic E-state index is -0.290. The fourth-order valence-electron chi connectivity index (χ4n) is 8.62. The molecule has 326 valence electrons. The maximum absolute atomic E-state index is 12.9. The van der Waals surface area contributed by atoms with Gasteiger partial charge in [-0.25, -0.2) is 14.8 Å². The Bertz CT molecular complexity index is 2760. The number of ether oxygens (including phenoxy) is 1. The van der Waals surface area contributed by atoms with Crippen LogP contribution < -0.4 is 16.0 Å². The first-order chi connectivity index (χ1) is 31.4. The topological polar surface area (TPSA) is 186 Å². The van der Waals surface area contributed by atoms with Gasteiger partial charge in [0.1, 0.15) is 18.2 Å². The summed E-state index contributed by atoms with van der Waals surface area (Å²) in [6, 6.07) is 20.6. The van der Waals surface area contributed by atoms with Crippen LogP contribution in [0.15, 0.2) is 104 Å². The molecule has 4 aliphatic rings. The highest BCUT2D eigenvalue weighted by Gasteiger charge is 2.32. The fraction of sp³-hybridized carbons (Fsp3) is 0.354. The van der Waals surface area contributed by atoms with Crippen LogP contribution in [0.5, 0.6) is 0 Å². The van der Waals surface area contributed by atoms with Gasteiger partial charge in [-0.3, -0.25) is 19.6 Å². The lowest BCUT2D eigenvalue weighted by Crippen LogP contribution is -2.38. The van der Waals surface area contributed by atoms with Crippen molar-refractivity contribution in [2.45, 2.75) is 81.6 Å². The van der Waals surface area contributed by atoms with E-state index in [4.69, 9.17) is 14.7 Å². The number of aromatic nitrogens is 8. The van der Waals surface area contributed by atoms with Gasteiger partial charge in [-0.05, 0) is 106 Å². The molecule has 4 fully saturated rings. The molecule has 0 atom stereocenters. The molecule has 16 heteroatoms. The number of anilines is 2. The van der Waals surface area contributed by atoms with Gasteiger partial charge in [-0.2, -0.15) is 19.2 Å². The molecule has 2 aliphatic heterocycles. The van der Waals surface area contributed by atoms with Gasteiger partial charge in [0, 0.05) is 84.4 Å². The van der Waals surface area contributed by atoms with Gasteiger partial charge in [-0.1, -0.05) is 30.3 Å². The first-order valence-electron chi connectivity index (χ1n) is 22.3. The molecule has 7 aromatic rings. The lowest BCUT2D eigenvalue weighted by Gasteiger charge is -2.31. The number of fused-ring (bicyclic) bond motifs is 2. The standard InChI is InChI=1S/C28H28N6O3.C20H22N6O/c35-27(22-7-4-12-29-16-22)32-25-15-24(31-26-23(20-8-9-20)17-30-34(25)26)21-10-13-33(14-11-21)28(36)37-18-19-5-2-1-3-6-19;27-20(15-2-1-7-22-11-15)25-18-10-17(14-5-8-21-9-6-14)24-19-16(13-3-4-13)12-23-26(18)19/h1-7,12,15-17,20-21H,8-11,13-14,18H2,(H,32,35);1-2,7,10-14,21H,3-6,8-9H2,(H,25,27). The van der Waals surface area contributed by atoms with Gasteiger partial charge in [0.05, 0.1) is 23.5 Å². The van der Waals surface area contributed by atoms with Crippen LogP contribution >= 0.6 is 0 Å². The lowest BCUT2D eigenvalue weighted by molar-refractivity contribution is 0.0867. The average molecular weight is 859 g/mol. The number of hydrogen-bond acceptors (Lipinski definition) is 11. The third kappa shape index (κ3) is 9.18. The third-order valence-electron chi connectivity index (χ3n) is 12.5. The van der Waals surface area contributed by atoms with E-state index in [1.54, 1.807) is 63.0 Å². The maximum Gasteiger partial charge on any atom is 0.410 e. The van der Waals surface area contributed by atoms with Crippen LogP contribution in [-0.2, 0) is 11.3 Å². The molecular formula is C48H50N12O4. The zero-order valence-corrected chi connectivity index (χ0v) is 35.5. The number of rotatable bonds is 10. The van der Waals surface area contributed by atoms with E-state index in [2.05, 4.69) is 36.1 Å². The highest BCUT2D eigenvalue weighted by Crippen LogP contribution is 2.43. The third-order valence-corrected chi connectivity index (χ3v) is 12.5. The Morgan fingerprint density at radius 1 is 0.609 bits per heavy atom. The van der Waals surface area contributed by atoms with Crippen LogP contribution in [0.4, 0.5) is 16.4 Å². The molecule has 64 heavy (non-hydrogen) atoms. The Morgan fingerprint density at radius 2 is 1.12 bits per heavy atom. The number of nitrogens with zero attached hydrogens (tertiary/aromatic N) is 9.